The van der Waals surface area contributed by atoms with Crippen molar-refractivity contribution >= 4 is 5.91 Å². The first-order valence-corrected chi connectivity index (χ1v) is 6.11. The molecule has 0 saturated carbocycles. The Morgan fingerprint density at radius 2 is 2.00 bits per heavy atom. The van der Waals surface area contributed by atoms with E-state index in [4.69, 9.17) is 0 Å². The Morgan fingerprint density at radius 1 is 1.40 bits per heavy atom. The van der Waals surface area contributed by atoms with E-state index in [0.29, 0.717) is 11.8 Å². The summed E-state index contributed by atoms with van der Waals surface area (Å²) in [7, 11) is 0. The minimum Gasteiger partial charge on any atom is -0.342 e. The van der Waals surface area contributed by atoms with Crippen LogP contribution < -0.4 is 0 Å². The molecule has 88 valence electrons. The van der Waals surface area contributed by atoms with Gasteiger partial charge in [-0.1, -0.05) is 34.6 Å². The lowest BCUT2D eigenvalue weighted by molar-refractivity contribution is -0.143. The topological polar surface area (TPSA) is 20.3 Å². The predicted molar refractivity (Wildman–Crippen MR) is 63.6 cm³/mol. The first-order valence-electron chi connectivity index (χ1n) is 6.11. The minimum atomic E-state index is 0.118. The molecule has 1 saturated heterocycles. The summed E-state index contributed by atoms with van der Waals surface area (Å²) in [4.78, 5) is 14.3. The van der Waals surface area contributed by atoms with Crippen molar-refractivity contribution in [3.05, 3.63) is 0 Å². The Labute approximate surface area is 94.0 Å². The molecule has 15 heavy (non-hydrogen) atoms. The standard InChI is InChI=1S/C13H25NO/c1-10(2)9-14-8-6-7-11(12(14)15)13(3,4)5/h10-11H,6-9H2,1-5H3. The molecule has 1 rings (SSSR count). The lowest BCUT2D eigenvalue weighted by Crippen LogP contribution is -2.47. The third-order valence-corrected chi connectivity index (χ3v) is 3.16. The van der Waals surface area contributed by atoms with Crippen LogP contribution in [0.2, 0.25) is 0 Å². The van der Waals surface area contributed by atoms with Gasteiger partial charge in [0.25, 0.3) is 0 Å². The molecule has 0 N–H and O–H groups in total. The van der Waals surface area contributed by atoms with E-state index < -0.39 is 0 Å². The lowest BCUT2D eigenvalue weighted by Gasteiger charge is -2.39. The summed E-state index contributed by atoms with van der Waals surface area (Å²) in [6.45, 7) is 12.8. The Bertz CT molecular complexity index is 227. The van der Waals surface area contributed by atoms with Gasteiger partial charge < -0.3 is 4.90 Å². The minimum absolute atomic E-state index is 0.118. The molecule has 0 radical (unpaired) electrons. The van der Waals surface area contributed by atoms with Crippen LogP contribution in [0.3, 0.4) is 0 Å². The number of rotatable bonds is 2. The fourth-order valence-corrected chi connectivity index (χ4v) is 2.37. The smallest absolute Gasteiger partial charge is 0.226 e. The molecule has 1 atom stereocenters. The quantitative estimate of drug-likeness (QED) is 0.687. The second-order valence-electron chi connectivity index (χ2n) is 6.24. The molecule has 0 spiro atoms. The molecule has 0 aromatic rings. The molecule has 1 amide bonds. The molecule has 1 unspecified atom stereocenters. The Kier molecular flexibility index (Phi) is 3.80. The second kappa shape index (κ2) is 4.54. The van der Waals surface area contributed by atoms with Gasteiger partial charge in [0.05, 0.1) is 0 Å². The molecule has 0 aromatic heterocycles. The van der Waals surface area contributed by atoms with E-state index in [2.05, 4.69) is 39.5 Å². The first kappa shape index (κ1) is 12.5. The Morgan fingerprint density at radius 3 is 2.47 bits per heavy atom. The van der Waals surface area contributed by atoms with Crippen LogP contribution >= 0.6 is 0 Å². The number of likely N-dealkylation sites (tertiary alicyclic amines) is 1. The highest BCUT2D eigenvalue weighted by atomic mass is 16.2. The number of hydrogen-bond donors (Lipinski definition) is 0. The molecule has 2 nitrogen and oxygen atoms in total. The lowest BCUT2D eigenvalue weighted by atomic mass is 9.75. The fraction of sp³-hybridized carbons (Fsp3) is 0.923. The molecule has 1 aliphatic rings. The van der Waals surface area contributed by atoms with E-state index >= 15 is 0 Å². The van der Waals surface area contributed by atoms with Gasteiger partial charge >= 0.3 is 0 Å². The van der Waals surface area contributed by atoms with Crippen LogP contribution in [0.4, 0.5) is 0 Å². The van der Waals surface area contributed by atoms with Gasteiger partial charge in [-0.05, 0) is 24.2 Å². The molecule has 1 heterocycles. The van der Waals surface area contributed by atoms with E-state index in [1.807, 2.05) is 0 Å². The van der Waals surface area contributed by atoms with Crippen LogP contribution in [-0.2, 0) is 4.79 Å². The second-order valence-corrected chi connectivity index (χ2v) is 6.24. The summed E-state index contributed by atoms with van der Waals surface area (Å²) >= 11 is 0. The molecular weight excluding hydrogens is 186 g/mol. The third kappa shape index (κ3) is 3.22. The van der Waals surface area contributed by atoms with Crippen molar-refractivity contribution < 1.29 is 4.79 Å². The fourth-order valence-electron chi connectivity index (χ4n) is 2.37. The summed E-state index contributed by atoms with van der Waals surface area (Å²) < 4.78 is 0. The van der Waals surface area contributed by atoms with E-state index in [0.717, 1.165) is 19.5 Å². The summed E-state index contributed by atoms with van der Waals surface area (Å²) in [5.74, 6) is 1.18. The van der Waals surface area contributed by atoms with E-state index in [1.54, 1.807) is 0 Å². The summed E-state index contributed by atoms with van der Waals surface area (Å²) in [6, 6.07) is 0. The van der Waals surface area contributed by atoms with Crippen molar-refractivity contribution in [3.63, 3.8) is 0 Å². The van der Waals surface area contributed by atoms with Crippen molar-refractivity contribution in [1.82, 2.24) is 4.90 Å². The molecule has 2 heteroatoms. The van der Waals surface area contributed by atoms with Crippen LogP contribution in [0.15, 0.2) is 0 Å². The van der Waals surface area contributed by atoms with Gasteiger partial charge in [-0.2, -0.15) is 0 Å². The van der Waals surface area contributed by atoms with Crippen molar-refractivity contribution in [2.75, 3.05) is 13.1 Å². The van der Waals surface area contributed by atoms with Gasteiger partial charge in [-0.3, -0.25) is 4.79 Å². The van der Waals surface area contributed by atoms with Crippen molar-refractivity contribution in [1.29, 1.82) is 0 Å². The highest BCUT2D eigenvalue weighted by molar-refractivity contribution is 5.80. The summed E-state index contributed by atoms with van der Waals surface area (Å²) in [6.07, 6.45) is 2.23. The van der Waals surface area contributed by atoms with Gasteiger partial charge in [-0.15, -0.1) is 0 Å². The zero-order valence-electron chi connectivity index (χ0n) is 10.8. The van der Waals surface area contributed by atoms with E-state index in [9.17, 15) is 4.79 Å². The molecule has 0 aromatic carbocycles. The number of amides is 1. The Hall–Kier alpha value is -0.530. The van der Waals surface area contributed by atoms with Crippen LogP contribution in [0.1, 0.15) is 47.5 Å². The highest BCUT2D eigenvalue weighted by Crippen LogP contribution is 2.34. The SMILES string of the molecule is CC(C)CN1CCCC(C(C)(C)C)C1=O. The molecular formula is C13H25NO. The van der Waals surface area contributed by atoms with E-state index in [-0.39, 0.29) is 11.3 Å². The molecule has 0 bridgehead atoms. The third-order valence-electron chi connectivity index (χ3n) is 3.16. The largest absolute Gasteiger partial charge is 0.342 e. The normalized spacial score (nSPS) is 23.7. The average Bonchev–Trinajstić information content (AvgIpc) is 2.05. The maximum absolute atomic E-state index is 12.2. The van der Waals surface area contributed by atoms with Crippen LogP contribution in [0, 0.1) is 17.3 Å². The molecule has 0 aliphatic carbocycles. The number of hydrogen-bond acceptors (Lipinski definition) is 1. The van der Waals surface area contributed by atoms with Crippen molar-refractivity contribution in [3.8, 4) is 0 Å². The number of carbonyl (C=O) groups is 1. The van der Waals surface area contributed by atoms with Gasteiger partial charge in [0.2, 0.25) is 5.91 Å². The van der Waals surface area contributed by atoms with Crippen LogP contribution in [0.5, 0.6) is 0 Å². The molecule has 1 fully saturated rings. The molecule has 1 aliphatic heterocycles. The number of piperidine rings is 1. The first-order chi connectivity index (χ1) is 6.82. The summed E-state index contributed by atoms with van der Waals surface area (Å²) in [5, 5.41) is 0. The summed E-state index contributed by atoms with van der Waals surface area (Å²) in [5.41, 5.74) is 0.118. The van der Waals surface area contributed by atoms with Gasteiger partial charge in [-0.25, -0.2) is 0 Å². The van der Waals surface area contributed by atoms with E-state index in [1.165, 1.54) is 6.42 Å². The average molecular weight is 211 g/mol. The van der Waals surface area contributed by atoms with Gasteiger partial charge in [0.1, 0.15) is 0 Å². The monoisotopic (exact) mass is 211 g/mol. The zero-order valence-corrected chi connectivity index (χ0v) is 10.8. The predicted octanol–water partition coefficient (Wildman–Crippen LogP) is 2.93. The zero-order chi connectivity index (χ0) is 11.6. The maximum Gasteiger partial charge on any atom is 0.226 e. The highest BCUT2D eigenvalue weighted by Gasteiger charge is 2.36. The van der Waals surface area contributed by atoms with Crippen LogP contribution in [0.25, 0.3) is 0 Å². The Balaban J connectivity index is 2.67. The van der Waals surface area contributed by atoms with Crippen LogP contribution in [-0.4, -0.2) is 23.9 Å². The number of nitrogens with zero attached hydrogens (tertiary/aromatic N) is 1. The van der Waals surface area contributed by atoms with Gasteiger partial charge in [0, 0.05) is 19.0 Å². The van der Waals surface area contributed by atoms with Crippen molar-refractivity contribution in [2.24, 2.45) is 17.3 Å². The van der Waals surface area contributed by atoms with Gasteiger partial charge in [0.15, 0.2) is 0 Å². The maximum atomic E-state index is 12.2. The number of carbonyl (C=O) groups excluding carboxylic acids is 1. The van der Waals surface area contributed by atoms with Crippen molar-refractivity contribution in [2.45, 2.75) is 47.5 Å².